The highest BCUT2D eigenvalue weighted by Crippen LogP contribution is 2.28. The zero-order valence-electron chi connectivity index (χ0n) is 15.8. The maximum atomic E-state index is 12.4. The number of rotatable bonds is 8. The first-order chi connectivity index (χ1) is 13.2. The Balaban J connectivity index is 1.33. The standard InChI is InChI=1S/C22H27NO2S2/c1-25-20-7-9-21(10-8-20)27-16-19-11-13-23(14-12-19)22(24)17-26-15-18-5-3-2-4-6-18/h2-10,19H,11-17H2,1H3. The Labute approximate surface area is 170 Å². The molecule has 0 saturated carbocycles. The van der Waals surface area contributed by atoms with Crippen molar-refractivity contribution in [3.05, 3.63) is 60.2 Å². The molecule has 0 spiro atoms. The first-order valence-electron chi connectivity index (χ1n) is 9.41. The smallest absolute Gasteiger partial charge is 0.232 e. The van der Waals surface area contributed by atoms with Gasteiger partial charge in [0.25, 0.3) is 0 Å². The Morgan fingerprint density at radius 2 is 1.78 bits per heavy atom. The molecule has 27 heavy (non-hydrogen) atoms. The Morgan fingerprint density at radius 3 is 2.44 bits per heavy atom. The van der Waals surface area contributed by atoms with Gasteiger partial charge in [0, 0.05) is 29.5 Å². The second-order valence-corrected chi connectivity index (χ2v) is 8.87. The van der Waals surface area contributed by atoms with Crippen LogP contribution >= 0.6 is 23.5 Å². The van der Waals surface area contributed by atoms with Crippen LogP contribution in [0.25, 0.3) is 0 Å². The van der Waals surface area contributed by atoms with Crippen LogP contribution in [0.15, 0.2) is 59.5 Å². The molecule has 0 unspecified atom stereocenters. The number of carbonyl (C=O) groups is 1. The number of benzene rings is 2. The van der Waals surface area contributed by atoms with Gasteiger partial charge in [0.2, 0.25) is 5.91 Å². The van der Waals surface area contributed by atoms with Crippen molar-refractivity contribution in [1.82, 2.24) is 4.90 Å². The van der Waals surface area contributed by atoms with E-state index in [1.54, 1.807) is 18.9 Å². The molecule has 2 aromatic rings. The largest absolute Gasteiger partial charge is 0.497 e. The molecule has 0 atom stereocenters. The minimum Gasteiger partial charge on any atom is -0.497 e. The number of carbonyl (C=O) groups excluding carboxylic acids is 1. The zero-order chi connectivity index (χ0) is 18.9. The van der Waals surface area contributed by atoms with Gasteiger partial charge in [-0.25, -0.2) is 0 Å². The summed E-state index contributed by atoms with van der Waals surface area (Å²) in [6.45, 7) is 1.80. The predicted molar refractivity (Wildman–Crippen MR) is 116 cm³/mol. The molecule has 3 nitrogen and oxygen atoms in total. The number of likely N-dealkylation sites (tertiary alicyclic amines) is 1. The average Bonchev–Trinajstić information content (AvgIpc) is 2.73. The van der Waals surface area contributed by atoms with Crippen molar-refractivity contribution in [2.75, 3.05) is 31.7 Å². The highest BCUT2D eigenvalue weighted by Gasteiger charge is 2.22. The van der Waals surface area contributed by atoms with E-state index < -0.39 is 0 Å². The molecule has 1 heterocycles. The third kappa shape index (κ3) is 6.51. The van der Waals surface area contributed by atoms with E-state index in [1.807, 2.05) is 47.0 Å². The van der Waals surface area contributed by atoms with Crippen molar-refractivity contribution in [3.63, 3.8) is 0 Å². The van der Waals surface area contributed by atoms with Crippen LogP contribution in [-0.2, 0) is 10.5 Å². The zero-order valence-corrected chi connectivity index (χ0v) is 17.4. The highest BCUT2D eigenvalue weighted by atomic mass is 32.2. The molecule has 3 rings (SSSR count). The summed E-state index contributed by atoms with van der Waals surface area (Å²) in [4.78, 5) is 15.8. The number of thioether (sulfide) groups is 2. The van der Waals surface area contributed by atoms with Crippen LogP contribution in [0.1, 0.15) is 18.4 Å². The van der Waals surface area contributed by atoms with Gasteiger partial charge in [-0.05, 0) is 48.6 Å². The summed E-state index contributed by atoms with van der Waals surface area (Å²) >= 11 is 3.62. The Morgan fingerprint density at radius 1 is 1.07 bits per heavy atom. The van der Waals surface area contributed by atoms with E-state index in [0.717, 1.165) is 43.2 Å². The molecule has 0 bridgehead atoms. The van der Waals surface area contributed by atoms with Gasteiger partial charge >= 0.3 is 0 Å². The van der Waals surface area contributed by atoms with Crippen molar-refractivity contribution >= 4 is 29.4 Å². The van der Waals surface area contributed by atoms with Crippen LogP contribution in [0.3, 0.4) is 0 Å². The van der Waals surface area contributed by atoms with E-state index >= 15 is 0 Å². The number of hydrogen-bond donors (Lipinski definition) is 0. The van der Waals surface area contributed by atoms with Crippen molar-refractivity contribution in [3.8, 4) is 5.75 Å². The predicted octanol–water partition coefficient (Wildman–Crippen LogP) is 4.96. The van der Waals surface area contributed by atoms with Crippen molar-refractivity contribution in [1.29, 1.82) is 0 Å². The van der Waals surface area contributed by atoms with Crippen LogP contribution in [0.5, 0.6) is 5.75 Å². The lowest BCUT2D eigenvalue weighted by atomic mass is 9.99. The van der Waals surface area contributed by atoms with E-state index in [9.17, 15) is 4.79 Å². The van der Waals surface area contributed by atoms with E-state index in [-0.39, 0.29) is 5.91 Å². The van der Waals surface area contributed by atoms with Gasteiger partial charge in [-0.3, -0.25) is 4.79 Å². The van der Waals surface area contributed by atoms with Crippen LogP contribution in [-0.4, -0.2) is 42.5 Å². The minimum absolute atomic E-state index is 0.289. The molecule has 1 fully saturated rings. The number of ether oxygens (including phenoxy) is 1. The highest BCUT2D eigenvalue weighted by molar-refractivity contribution is 7.99. The number of amides is 1. The lowest BCUT2D eigenvalue weighted by Gasteiger charge is -2.32. The van der Waals surface area contributed by atoms with Gasteiger partial charge in [-0.1, -0.05) is 30.3 Å². The van der Waals surface area contributed by atoms with Gasteiger partial charge in [0.05, 0.1) is 12.9 Å². The summed E-state index contributed by atoms with van der Waals surface area (Å²) in [5.74, 6) is 4.49. The Kier molecular flexibility index (Phi) is 7.96. The second kappa shape index (κ2) is 10.7. The number of methoxy groups -OCH3 is 1. The molecule has 1 aliphatic heterocycles. The molecular formula is C22H27NO2S2. The Hall–Kier alpha value is -1.59. The quantitative estimate of drug-likeness (QED) is 0.585. The summed E-state index contributed by atoms with van der Waals surface area (Å²) in [6, 6.07) is 18.6. The van der Waals surface area contributed by atoms with Gasteiger partial charge in [0.1, 0.15) is 5.75 Å². The fourth-order valence-corrected chi connectivity index (χ4v) is 5.13. The Bertz CT molecular complexity index is 698. The van der Waals surface area contributed by atoms with Crippen LogP contribution in [0, 0.1) is 5.92 Å². The summed E-state index contributed by atoms with van der Waals surface area (Å²) in [5.41, 5.74) is 1.28. The second-order valence-electron chi connectivity index (χ2n) is 6.79. The lowest BCUT2D eigenvalue weighted by Crippen LogP contribution is -2.39. The molecule has 144 valence electrons. The van der Waals surface area contributed by atoms with E-state index in [4.69, 9.17) is 4.74 Å². The summed E-state index contributed by atoms with van der Waals surface area (Å²) in [5, 5.41) is 0. The third-order valence-electron chi connectivity index (χ3n) is 4.85. The first kappa shape index (κ1) is 20.2. The van der Waals surface area contributed by atoms with Crippen LogP contribution in [0.4, 0.5) is 0 Å². The van der Waals surface area contributed by atoms with E-state index in [1.165, 1.54) is 10.5 Å². The fraction of sp³-hybridized carbons (Fsp3) is 0.409. The molecule has 0 N–H and O–H groups in total. The third-order valence-corrected chi connectivity index (χ3v) is 7.08. The molecule has 1 amide bonds. The molecule has 0 aromatic heterocycles. The van der Waals surface area contributed by atoms with Crippen molar-refractivity contribution in [2.45, 2.75) is 23.5 Å². The monoisotopic (exact) mass is 401 g/mol. The van der Waals surface area contributed by atoms with Gasteiger partial charge in [-0.15, -0.1) is 23.5 Å². The molecule has 2 aromatic carbocycles. The van der Waals surface area contributed by atoms with Crippen LogP contribution in [0.2, 0.25) is 0 Å². The maximum Gasteiger partial charge on any atom is 0.232 e. The number of piperidine rings is 1. The summed E-state index contributed by atoms with van der Waals surface area (Å²) in [7, 11) is 1.69. The molecule has 0 radical (unpaired) electrons. The van der Waals surface area contributed by atoms with Crippen molar-refractivity contribution in [2.24, 2.45) is 5.92 Å². The van der Waals surface area contributed by atoms with Gasteiger partial charge < -0.3 is 9.64 Å². The average molecular weight is 402 g/mol. The molecule has 5 heteroatoms. The SMILES string of the molecule is COc1ccc(SCC2CCN(C(=O)CSCc3ccccc3)CC2)cc1. The molecular weight excluding hydrogens is 374 g/mol. The van der Waals surface area contributed by atoms with Crippen molar-refractivity contribution < 1.29 is 9.53 Å². The van der Waals surface area contributed by atoms with Gasteiger partial charge in [-0.2, -0.15) is 0 Å². The lowest BCUT2D eigenvalue weighted by molar-refractivity contribution is -0.129. The number of nitrogens with zero attached hydrogens (tertiary/aromatic N) is 1. The summed E-state index contributed by atoms with van der Waals surface area (Å²) in [6.07, 6.45) is 2.22. The number of hydrogen-bond acceptors (Lipinski definition) is 4. The van der Waals surface area contributed by atoms with Crippen LogP contribution < -0.4 is 4.74 Å². The minimum atomic E-state index is 0.289. The molecule has 1 saturated heterocycles. The maximum absolute atomic E-state index is 12.4. The van der Waals surface area contributed by atoms with E-state index in [2.05, 4.69) is 24.3 Å². The van der Waals surface area contributed by atoms with Gasteiger partial charge in [0.15, 0.2) is 0 Å². The van der Waals surface area contributed by atoms with E-state index in [0.29, 0.717) is 11.7 Å². The first-order valence-corrected chi connectivity index (χ1v) is 11.5. The summed E-state index contributed by atoms with van der Waals surface area (Å²) < 4.78 is 5.20. The molecule has 0 aliphatic carbocycles. The molecule has 1 aliphatic rings. The normalized spacial score (nSPS) is 14.9. The fourth-order valence-electron chi connectivity index (χ4n) is 3.16. The topological polar surface area (TPSA) is 29.5 Å².